The van der Waals surface area contributed by atoms with Gasteiger partial charge in [-0.05, 0) is 46.8 Å². The third kappa shape index (κ3) is 3.91. The SMILES string of the molecule is CCN(CCCN(C)C)S(=O)(=O)N1CCCC1C. The van der Waals surface area contributed by atoms with E-state index in [2.05, 4.69) is 4.90 Å². The molecule has 0 N–H and O–H groups in total. The largest absolute Gasteiger partial charge is 0.309 e. The highest BCUT2D eigenvalue weighted by Crippen LogP contribution is 2.22. The Labute approximate surface area is 112 Å². The molecule has 0 bridgehead atoms. The molecular weight excluding hydrogens is 250 g/mol. The Morgan fingerprint density at radius 3 is 2.39 bits per heavy atom. The molecule has 1 rings (SSSR count). The fourth-order valence-corrected chi connectivity index (χ4v) is 4.30. The van der Waals surface area contributed by atoms with Crippen LogP contribution in [0.3, 0.4) is 0 Å². The molecule has 1 heterocycles. The van der Waals surface area contributed by atoms with Crippen LogP contribution >= 0.6 is 0 Å². The first-order valence-corrected chi connectivity index (χ1v) is 8.21. The van der Waals surface area contributed by atoms with Gasteiger partial charge in [-0.2, -0.15) is 17.0 Å². The Morgan fingerprint density at radius 2 is 1.94 bits per heavy atom. The van der Waals surface area contributed by atoms with Gasteiger partial charge < -0.3 is 4.90 Å². The maximum Gasteiger partial charge on any atom is 0.282 e. The zero-order valence-electron chi connectivity index (χ0n) is 12.1. The third-order valence-electron chi connectivity index (χ3n) is 3.48. The summed E-state index contributed by atoms with van der Waals surface area (Å²) in [5.74, 6) is 0. The molecule has 0 aliphatic carbocycles. The fraction of sp³-hybridized carbons (Fsp3) is 1.00. The van der Waals surface area contributed by atoms with Gasteiger partial charge in [-0.3, -0.25) is 0 Å². The molecule has 5 nitrogen and oxygen atoms in total. The van der Waals surface area contributed by atoms with Crippen LogP contribution in [-0.2, 0) is 10.2 Å². The van der Waals surface area contributed by atoms with Crippen LogP contribution in [-0.4, -0.2) is 68.2 Å². The van der Waals surface area contributed by atoms with E-state index in [0.29, 0.717) is 19.6 Å². The molecule has 1 saturated heterocycles. The molecule has 1 unspecified atom stereocenters. The number of hydrogen-bond acceptors (Lipinski definition) is 3. The molecule has 0 radical (unpaired) electrons. The summed E-state index contributed by atoms with van der Waals surface area (Å²) < 4.78 is 28.2. The van der Waals surface area contributed by atoms with Crippen molar-refractivity contribution in [3.63, 3.8) is 0 Å². The van der Waals surface area contributed by atoms with Crippen LogP contribution < -0.4 is 0 Å². The van der Waals surface area contributed by atoms with Crippen molar-refractivity contribution in [2.75, 3.05) is 40.3 Å². The van der Waals surface area contributed by atoms with Crippen LogP contribution in [0.15, 0.2) is 0 Å². The minimum absolute atomic E-state index is 0.151. The zero-order valence-corrected chi connectivity index (χ0v) is 12.9. The minimum atomic E-state index is -3.25. The topological polar surface area (TPSA) is 43.9 Å². The summed E-state index contributed by atoms with van der Waals surface area (Å²) in [6, 6.07) is 0.151. The van der Waals surface area contributed by atoms with Gasteiger partial charge in [0.1, 0.15) is 0 Å². The lowest BCUT2D eigenvalue weighted by atomic mass is 10.3. The first kappa shape index (κ1) is 15.9. The van der Waals surface area contributed by atoms with E-state index in [4.69, 9.17) is 0 Å². The quantitative estimate of drug-likeness (QED) is 0.697. The van der Waals surface area contributed by atoms with E-state index in [1.54, 1.807) is 8.61 Å². The Morgan fingerprint density at radius 1 is 1.28 bits per heavy atom. The average molecular weight is 277 g/mol. The predicted octanol–water partition coefficient (Wildman–Crippen LogP) is 0.989. The summed E-state index contributed by atoms with van der Waals surface area (Å²) >= 11 is 0. The van der Waals surface area contributed by atoms with Gasteiger partial charge in [0.15, 0.2) is 0 Å². The first-order valence-electron chi connectivity index (χ1n) is 6.81. The molecule has 108 valence electrons. The summed E-state index contributed by atoms with van der Waals surface area (Å²) in [6.45, 7) is 6.67. The molecule has 1 fully saturated rings. The minimum Gasteiger partial charge on any atom is -0.309 e. The molecule has 6 heteroatoms. The van der Waals surface area contributed by atoms with E-state index < -0.39 is 10.2 Å². The van der Waals surface area contributed by atoms with E-state index in [-0.39, 0.29) is 6.04 Å². The van der Waals surface area contributed by atoms with Crippen molar-refractivity contribution < 1.29 is 8.42 Å². The van der Waals surface area contributed by atoms with Crippen LogP contribution in [0, 0.1) is 0 Å². The van der Waals surface area contributed by atoms with Crippen molar-refractivity contribution >= 4 is 10.2 Å². The monoisotopic (exact) mass is 277 g/mol. The molecule has 0 saturated carbocycles. The molecular formula is C12H27N3O2S. The van der Waals surface area contributed by atoms with E-state index in [9.17, 15) is 8.42 Å². The second-order valence-electron chi connectivity index (χ2n) is 5.26. The lowest BCUT2D eigenvalue weighted by molar-refractivity contribution is 0.319. The maximum atomic E-state index is 12.5. The molecule has 1 atom stereocenters. The molecule has 0 spiro atoms. The van der Waals surface area contributed by atoms with E-state index in [1.807, 2.05) is 27.9 Å². The Bertz CT molecular complexity index is 343. The highest BCUT2D eigenvalue weighted by molar-refractivity contribution is 7.86. The van der Waals surface area contributed by atoms with Crippen molar-refractivity contribution in [3.8, 4) is 0 Å². The molecule has 0 aromatic heterocycles. The van der Waals surface area contributed by atoms with Gasteiger partial charge in [0, 0.05) is 25.7 Å². The molecule has 0 aromatic rings. The lowest BCUT2D eigenvalue weighted by Crippen LogP contribution is -2.45. The standard InChI is InChI=1S/C12H27N3O2S/c1-5-14(10-7-9-13(3)4)18(16,17)15-11-6-8-12(15)2/h12H,5-11H2,1-4H3. The zero-order chi connectivity index (χ0) is 13.8. The Balaban J connectivity index is 2.62. The summed E-state index contributed by atoms with van der Waals surface area (Å²) in [5, 5.41) is 0. The highest BCUT2D eigenvalue weighted by Gasteiger charge is 2.34. The fourth-order valence-electron chi connectivity index (χ4n) is 2.40. The smallest absolute Gasteiger partial charge is 0.282 e. The van der Waals surface area contributed by atoms with Crippen LogP contribution in [0.25, 0.3) is 0 Å². The normalized spacial score (nSPS) is 22.2. The lowest BCUT2D eigenvalue weighted by Gasteiger charge is -2.29. The Hall–Kier alpha value is -0.170. The van der Waals surface area contributed by atoms with Crippen molar-refractivity contribution in [2.24, 2.45) is 0 Å². The molecule has 0 aromatic carbocycles. The predicted molar refractivity (Wildman–Crippen MR) is 74.7 cm³/mol. The Kier molecular flexibility index (Phi) is 6.04. The van der Waals surface area contributed by atoms with E-state index in [0.717, 1.165) is 25.8 Å². The molecule has 1 aliphatic rings. The van der Waals surface area contributed by atoms with Crippen molar-refractivity contribution in [2.45, 2.75) is 39.2 Å². The van der Waals surface area contributed by atoms with E-state index >= 15 is 0 Å². The van der Waals surface area contributed by atoms with Crippen molar-refractivity contribution in [1.82, 2.24) is 13.5 Å². The second kappa shape index (κ2) is 6.84. The van der Waals surface area contributed by atoms with Gasteiger partial charge in [0.25, 0.3) is 10.2 Å². The van der Waals surface area contributed by atoms with Gasteiger partial charge >= 0.3 is 0 Å². The third-order valence-corrected chi connectivity index (χ3v) is 5.71. The van der Waals surface area contributed by atoms with E-state index in [1.165, 1.54) is 0 Å². The number of hydrogen-bond donors (Lipinski definition) is 0. The number of rotatable bonds is 7. The summed E-state index contributed by atoms with van der Waals surface area (Å²) in [5.41, 5.74) is 0. The van der Waals surface area contributed by atoms with Crippen molar-refractivity contribution in [1.29, 1.82) is 0 Å². The number of nitrogens with zero attached hydrogens (tertiary/aromatic N) is 3. The molecule has 0 amide bonds. The molecule has 1 aliphatic heterocycles. The maximum absolute atomic E-state index is 12.5. The van der Waals surface area contributed by atoms with Crippen LogP contribution in [0.5, 0.6) is 0 Å². The summed E-state index contributed by atoms with van der Waals surface area (Å²) in [7, 11) is 0.765. The van der Waals surface area contributed by atoms with Crippen molar-refractivity contribution in [3.05, 3.63) is 0 Å². The van der Waals surface area contributed by atoms with Gasteiger partial charge in [0.2, 0.25) is 0 Å². The van der Waals surface area contributed by atoms with Crippen LogP contribution in [0.1, 0.15) is 33.1 Å². The second-order valence-corrected chi connectivity index (χ2v) is 7.14. The van der Waals surface area contributed by atoms with Gasteiger partial charge in [-0.15, -0.1) is 0 Å². The van der Waals surface area contributed by atoms with Gasteiger partial charge in [-0.1, -0.05) is 6.92 Å². The summed E-state index contributed by atoms with van der Waals surface area (Å²) in [6.07, 6.45) is 2.84. The van der Waals surface area contributed by atoms with Gasteiger partial charge in [-0.25, -0.2) is 0 Å². The molecule has 18 heavy (non-hydrogen) atoms. The summed E-state index contributed by atoms with van der Waals surface area (Å²) in [4.78, 5) is 2.08. The van der Waals surface area contributed by atoms with Gasteiger partial charge in [0.05, 0.1) is 0 Å². The van der Waals surface area contributed by atoms with Crippen LogP contribution in [0.2, 0.25) is 0 Å². The first-order chi connectivity index (χ1) is 8.39. The van der Waals surface area contributed by atoms with Crippen LogP contribution in [0.4, 0.5) is 0 Å². The average Bonchev–Trinajstić information content (AvgIpc) is 2.70. The highest BCUT2D eigenvalue weighted by atomic mass is 32.2.